The minimum absolute atomic E-state index is 0.638. The van der Waals surface area contributed by atoms with E-state index < -0.39 is 0 Å². The molecule has 1 aromatic heterocycles. The molecule has 0 unspecified atom stereocenters. The van der Waals surface area contributed by atoms with Crippen LogP contribution in [0.3, 0.4) is 0 Å². The zero-order valence-corrected chi connectivity index (χ0v) is 21.7. The zero-order valence-electron chi connectivity index (χ0n) is 21.7. The predicted molar refractivity (Wildman–Crippen MR) is 144 cm³/mol. The molecule has 1 aliphatic carbocycles. The van der Waals surface area contributed by atoms with Crippen LogP contribution in [0.4, 0.5) is 0 Å². The molecule has 1 heterocycles. The average Bonchev–Trinajstić information content (AvgIpc) is 2.88. The number of rotatable bonds is 15. The Morgan fingerprint density at radius 1 is 0.824 bits per heavy atom. The molecule has 186 valence electrons. The first-order valence-electron chi connectivity index (χ1n) is 14.0. The van der Waals surface area contributed by atoms with E-state index in [1.807, 2.05) is 24.5 Å². The molecule has 3 rings (SSSR count). The number of nitrogens with zero attached hydrogens (tertiary/aromatic N) is 2. The highest BCUT2D eigenvalue weighted by Crippen LogP contribution is 2.32. The molecule has 0 aliphatic heterocycles. The maximum Gasteiger partial charge on any atom is 0.159 e. The van der Waals surface area contributed by atoms with Gasteiger partial charge in [0, 0.05) is 18.0 Å². The molecule has 0 N–H and O–H groups in total. The van der Waals surface area contributed by atoms with E-state index in [1.165, 1.54) is 89.0 Å². The Morgan fingerprint density at radius 2 is 1.50 bits per heavy atom. The fourth-order valence-electron chi connectivity index (χ4n) is 5.01. The lowest BCUT2D eigenvalue weighted by atomic mass is 9.79. The first-order chi connectivity index (χ1) is 16.8. The summed E-state index contributed by atoms with van der Waals surface area (Å²) in [5.74, 6) is 3.40. The molecular formula is C31H46N2O. The SMILES string of the molecule is CCCCCCCc1cnc(-c2ccc(OC/C=C/[C@H]3CC[C@H](CCCCC)CC3)cc2)nc1. The van der Waals surface area contributed by atoms with E-state index in [-0.39, 0.29) is 0 Å². The van der Waals surface area contributed by atoms with Crippen molar-refractivity contribution in [3.63, 3.8) is 0 Å². The smallest absolute Gasteiger partial charge is 0.159 e. The summed E-state index contributed by atoms with van der Waals surface area (Å²) in [6, 6.07) is 8.16. The molecule has 3 nitrogen and oxygen atoms in total. The maximum atomic E-state index is 5.94. The topological polar surface area (TPSA) is 35.0 Å². The second kappa shape index (κ2) is 15.7. The number of unbranched alkanes of at least 4 members (excludes halogenated alkanes) is 6. The third kappa shape index (κ3) is 9.60. The molecule has 34 heavy (non-hydrogen) atoms. The first-order valence-corrected chi connectivity index (χ1v) is 14.0. The lowest BCUT2D eigenvalue weighted by Gasteiger charge is -2.26. The molecule has 0 bridgehead atoms. The quantitative estimate of drug-likeness (QED) is 0.196. The lowest BCUT2D eigenvalue weighted by molar-refractivity contribution is 0.288. The fourth-order valence-corrected chi connectivity index (χ4v) is 5.01. The summed E-state index contributed by atoms with van der Waals surface area (Å²) in [7, 11) is 0. The Hall–Kier alpha value is -2.16. The van der Waals surface area contributed by atoms with Gasteiger partial charge in [-0.15, -0.1) is 0 Å². The van der Waals surface area contributed by atoms with Crippen LogP contribution in [0, 0.1) is 11.8 Å². The maximum absolute atomic E-state index is 5.94. The number of allylic oxidation sites excluding steroid dienone is 1. The van der Waals surface area contributed by atoms with Crippen LogP contribution in [0.15, 0.2) is 48.8 Å². The minimum Gasteiger partial charge on any atom is -0.490 e. The van der Waals surface area contributed by atoms with E-state index >= 15 is 0 Å². The monoisotopic (exact) mass is 462 g/mol. The molecule has 3 heteroatoms. The van der Waals surface area contributed by atoms with E-state index in [1.54, 1.807) is 0 Å². The van der Waals surface area contributed by atoms with Gasteiger partial charge in [0.1, 0.15) is 12.4 Å². The van der Waals surface area contributed by atoms with Crippen molar-refractivity contribution in [1.29, 1.82) is 0 Å². The fraction of sp³-hybridized carbons (Fsp3) is 0.613. The van der Waals surface area contributed by atoms with Crippen molar-refractivity contribution in [1.82, 2.24) is 9.97 Å². The predicted octanol–water partition coefficient (Wildman–Crippen LogP) is 8.98. The van der Waals surface area contributed by atoms with Crippen LogP contribution in [-0.4, -0.2) is 16.6 Å². The summed E-state index contributed by atoms with van der Waals surface area (Å²) >= 11 is 0. The van der Waals surface area contributed by atoms with Crippen LogP contribution >= 0.6 is 0 Å². The molecule has 1 fully saturated rings. The van der Waals surface area contributed by atoms with E-state index in [4.69, 9.17) is 4.74 Å². The lowest BCUT2D eigenvalue weighted by Crippen LogP contribution is -2.13. The Balaban J connectivity index is 1.35. The van der Waals surface area contributed by atoms with Crippen LogP contribution in [0.1, 0.15) is 103 Å². The van der Waals surface area contributed by atoms with Gasteiger partial charge in [0.15, 0.2) is 5.82 Å². The van der Waals surface area contributed by atoms with Gasteiger partial charge in [-0.05, 0) is 80.2 Å². The molecular weight excluding hydrogens is 416 g/mol. The van der Waals surface area contributed by atoms with Gasteiger partial charge in [-0.3, -0.25) is 0 Å². The standard InChI is InChI=1S/C31H46N2O/c1-3-5-7-8-10-13-28-24-32-31(33-25-28)29-19-21-30(22-20-29)34-23-11-14-27-17-15-26(16-18-27)12-9-6-4-2/h11,14,19-22,24-27H,3-10,12-13,15-18,23H2,1-2H3/b14-11+/t26-,27-. The van der Waals surface area contributed by atoms with Gasteiger partial charge in [-0.2, -0.15) is 0 Å². The van der Waals surface area contributed by atoms with Crippen molar-refractivity contribution >= 4 is 0 Å². The number of benzene rings is 1. The number of hydrogen-bond acceptors (Lipinski definition) is 3. The molecule has 0 spiro atoms. The van der Waals surface area contributed by atoms with E-state index in [9.17, 15) is 0 Å². The number of aromatic nitrogens is 2. The molecule has 0 atom stereocenters. The summed E-state index contributed by atoms with van der Waals surface area (Å²) in [5.41, 5.74) is 2.27. The van der Waals surface area contributed by atoms with Gasteiger partial charge < -0.3 is 4.74 Å². The highest BCUT2D eigenvalue weighted by molar-refractivity contribution is 5.55. The van der Waals surface area contributed by atoms with Gasteiger partial charge in [-0.25, -0.2) is 9.97 Å². The first kappa shape index (κ1) is 26.4. The molecule has 0 saturated heterocycles. The van der Waals surface area contributed by atoms with Crippen molar-refractivity contribution < 1.29 is 4.74 Å². The second-order valence-corrected chi connectivity index (χ2v) is 10.1. The van der Waals surface area contributed by atoms with Crippen molar-refractivity contribution in [3.8, 4) is 17.1 Å². The van der Waals surface area contributed by atoms with Gasteiger partial charge in [0.05, 0.1) is 0 Å². The van der Waals surface area contributed by atoms with Crippen LogP contribution < -0.4 is 4.74 Å². The Labute approximate surface area is 208 Å². The zero-order chi connectivity index (χ0) is 23.8. The Bertz CT molecular complexity index is 804. The average molecular weight is 463 g/mol. The molecule has 2 aromatic rings. The molecule has 1 saturated carbocycles. The summed E-state index contributed by atoms with van der Waals surface area (Å²) in [6.07, 6.45) is 27.2. The highest BCUT2D eigenvalue weighted by Gasteiger charge is 2.18. The summed E-state index contributed by atoms with van der Waals surface area (Å²) in [5, 5.41) is 0. The Morgan fingerprint density at radius 3 is 2.21 bits per heavy atom. The van der Waals surface area contributed by atoms with E-state index in [2.05, 4.69) is 48.1 Å². The molecule has 1 aliphatic rings. The van der Waals surface area contributed by atoms with Crippen LogP contribution in [0.25, 0.3) is 11.4 Å². The Kier molecular flexibility index (Phi) is 12.2. The number of hydrogen-bond donors (Lipinski definition) is 0. The van der Waals surface area contributed by atoms with Crippen molar-refractivity contribution in [2.45, 2.75) is 104 Å². The molecule has 0 amide bonds. The van der Waals surface area contributed by atoms with Crippen molar-refractivity contribution in [2.75, 3.05) is 6.61 Å². The van der Waals surface area contributed by atoms with Crippen molar-refractivity contribution in [3.05, 3.63) is 54.4 Å². The van der Waals surface area contributed by atoms with Gasteiger partial charge in [0.25, 0.3) is 0 Å². The van der Waals surface area contributed by atoms with E-state index in [0.29, 0.717) is 6.61 Å². The van der Waals surface area contributed by atoms with E-state index in [0.717, 1.165) is 35.4 Å². The summed E-state index contributed by atoms with van der Waals surface area (Å²) in [4.78, 5) is 9.17. The highest BCUT2D eigenvalue weighted by atomic mass is 16.5. The largest absolute Gasteiger partial charge is 0.490 e. The third-order valence-electron chi connectivity index (χ3n) is 7.25. The molecule has 0 radical (unpaired) electrons. The van der Waals surface area contributed by atoms with Crippen LogP contribution in [0.2, 0.25) is 0 Å². The van der Waals surface area contributed by atoms with Gasteiger partial charge >= 0.3 is 0 Å². The van der Waals surface area contributed by atoms with Crippen LogP contribution in [0.5, 0.6) is 5.75 Å². The molecule has 1 aromatic carbocycles. The third-order valence-corrected chi connectivity index (χ3v) is 7.25. The number of aryl methyl sites for hydroxylation is 1. The van der Waals surface area contributed by atoms with Gasteiger partial charge in [-0.1, -0.05) is 77.4 Å². The van der Waals surface area contributed by atoms with Crippen LogP contribution in [-0.2, 0) is 6.42 Å². The second-order valence-electron chi connectivity index (χ2n) is 10.1. The normalized spacial score (nSPS) is 18.4. The van der Waals surface area contributed by atoms with Crippen molar-refractivity contribution in [2.24, 2.45) is 11.8 Å². The number of ether oxygens (including phenoxy) is 1. The summed E-state index contributed by atoms with van der Waals surface area (Å²) in [6.45, 7) is 5.19. The van der Waals surface area contributed by atoms with Gasteiger partial charge in [0.2, 0.25) is 0 Å². The minimum atomic E-state index is 0.638. The summed E-state index contributed by atoms with van der Waals surface area (Å²) < 4.78 is 5.94.